The lowest BCUT2D eigenvalue weighted by Crippen LogP contribution is -2.51. The maximum absolute atomic E-state index is 14.8. The van der Waals surface area contributed by atoms with Crippen molar-refractivity contribution in [3.8, 4) is 11.6 Å². The van der Waals surface area contributed by atoms with E-state index in [-0.39, 0.29) is 24.9 Å². The number of hydrogen-bond acceptors (Lipinski definition) is 8. The molecule has 294 valence electrons. The molecule has 11 nitrogen and oxygen atoms in total. The number of nitrogens with one attached hydrogen (secondary N) is 2. The van der Waals surface area contributed by atoms with E-state index in [1.165, 1.54) is 11.6 Å². The molecule has 3 aliphatic carbocycles. The van der Waals surface area contributed by atoms with Crippen molar-refractivity contribution in [3.05, 3.63) is 77.0 Å². The summed E-state index contributed by atoms with van der Waals surface area (Å²) in [6.45, 7) is 2.60. The largest absolute Gasteiger partial charge is 0.488 e. The van der Waals surface area contributed by atoms with Gasteiger partial charge in [-0.15, -0.1) is 0 Å². The molecule has 2 aromatic carbocycles. The highest BCUT2D eigenvalue weighted by molar-refractivity contribution is 7.59. The molecule has 5 aliphatic rings. The Hall–Kier alpha value is -4.22. The van der Waals surface area contributed by atoms with Gasteiger partial charge in [-0.1, -0.05) is 24.6 Å². The van der Waals surface area contributed by atoms with E-state index >= 15 is 0 Å². The fourth-order valence-electron chi connectivity index (χ4n) is 9.37. The van der Waals surface area contributed by atoms with Crippen LogP contribution in [0.5, 0.6) is 11.6 Å². The number of pyridine rings is 1. The van der Waals surface area contributed by atoms with Crippen LogP contribution in [0.4, 0.5) is 13.6 Å². The smallest absolute Gasteiger partial charge is 0.407 e. The van der Waals surface area contributed by atoms with Crippen molar-refractivity contribution in [2.45, 2.75) is 120 Å². The summed E-state index contributed by atoms with van der Waals surface area (Å²) in [5.74, 6) is -1.61. The first-order chi connectivity index (χ1) is 26.5. The predicted molar refractivity (Wildman–Crippen MR) is 202 cm³/mol. The van der Waals surface area contributed by atoms with E-state index < -0.39 is 66.2 Å². The van der Waals surface area contributed by atoms with E-state index in [2.05, 4.69) is 15.6 Å². The molecule has 0 bridgehead atoms. The van der Waals surface area contributed by atoms with Crippen molar-refractivity contribution in [1.29, 1.82) is 0 Å². The van der Waals surface area contributed by atoms with Crippen LogP contribution < -0.4 is 20.1 Å². The van der Waals surface area contributed by atoms with Crippen molar-refractivity contribution < 1.29 is 42.0 Å². The van der Waals surface area contributed by atoms with Gasteiger partial charge in [0.05, 0.1) is 30.9 Å². The lowest BCUT2D eigenvalue weighted by atomic mass is 10.0. The molecule has 6 atom stereocenters. The Morgan fingerprint density at radius 2 is 1.80 bits per heavy atom. The molecule has 8 rings (SSSR count). The number of rotatable bonds is 9. The molecule has 2 saturated carbocycles. The monoisotopic (exact) mass is 778 g/mol. The number of halogens is 2. The number of alkyl carbamates (subject to hydrolysis) is 1. The van der Waals surface area contributed by atoms with Crippen LogP contribution in [-0.2, 0) is 20.3 Å². The average Bonchev–Trinajstić information content (AvgIpc) is 3.49. The SMILES string of the molecule is CCOc1cc(OC2C[C@H]3C(=O)N[C@]4(P(=O)(O)Cc5c(F)cccc5F)C[C@H]4CCCCC4=C([C@@H](NC(=O)OC5CCCC5)CC4)N3C2)c2ccccc2n1. The zero-order valence-corrected chi connectivity index (χ0v) is 32.0. The first kappa shape index (κ1) is 37.7. The number of ether oxygens (including phenoxy) is 3. The maximum Gasteiger partial charge on any atom is 0.407 e. The average molecular weight is 779 g/mol. The third kappa shape index (κ3) is 7.54. The second kappa shape index (κ2) is 15.4. The number of allylic oxidation sites excluding steroid dienone is 1. The zero-order valence-electron chi connectivity index (χ0n) is 31.1. The van der Waals surface area contributed by atoms with Gasteiger partial charge in [0.1, 0.15) is 40.9 Å². The van der Waals surface area contributed by atoms with Crippen LogP contribution in [0.15, 0.2) is 59.8 Å². The van der Waals surface area contributed by atoms with Gasteiger partial charge in [0.2, 0.25) is 19.2 Å². The number of aromatic nitrogens is 1. The molecule has 14 heteroatoms. The summed E-state index contributed by atoms with van der Waals surface area (Å²) >= 11 is 0. The van der Waals surface area contributed by atoms with E-state index in [1.807, 2.05) is 36.1 Å². The first-order valence-electron chi connectivity index (χ1n) is 19.8. The highest BCUT2D eigenvalue weighted by Crippen LogP contribution is 2.72. The number of hydrogen-bond donors (Lipinski definition) is 3. The summed E-state index contributed by atoms with van der Waals surface area (Å²) in [6, 6.07) is 11.5. The van der Waals surface area contributed by atoms with Crippen LogP contribution in [0.25, 0.3) is 10.9 Å². The van der Waals surface area contributed by atoms with E-state index in [9.17, 15) is 27.8 Å². The third-order valence-electron chi connectivity index (χ3n) is 12.2. The molecule has 2 aliphatic heterocycles. The highest BCUT2D eigenvalue weighted by Gasteiger charge is 2.66. The molecule has 3 N–H and O–H groups in total. The van der Waals surface area contributed by atoms with Crippen molar-refractivity contribution in [2.24, 2.45) is 5.92 Å². The summed E-state index contributed by atoms with van der Waals surface area (Å²) in [4.78, 5) is 46.3. The number of nitrogens with zero attached hydrogens (tertiary/aromatic N) is 2. The quantitative estimate of drug-likeness (QED) is 0.187. The van der Waals surface area contributed by atoms with Gasteiger partial charge in [0, 0.05) is 29.1 Å². The number of para-hydroxylation sites is 1. The normalized spacial score (nSPS) is 27.9. The lowest BCUT2D eigenvalue weighted by molar-refractivity contribution is -0.125. The summed E-state index contributed by atoms with van der Waals surface area (Å²) in [6.07, 6.45) is 6.67. The molecule has 2 unspecified atom stereocenters. The standard InChI is InChI=1S/C41H49F2N4O7P/c1-2-52-37-21-36(29-14-7-8-17-33(29)44-37)53-28-20-35-39(48)46-41(55(50,51)24-30-31(42)15-9-16-32(30)43)22-26(41)11-4-3-10-25-18-19-34(38(25)47(35)23-28)45-40(49)54-27-12-5-6-13-27/h7-9,14-17,21,26-28,34-35H,2-6,10-13,18-20,22-24H2,1H3,(H,45,49)(H,46,48)(H,50,51)/t26-,28?,34+,35+,41+/m1/s1. The summed E-state index contributed by atoms with van der Waals surface area (Å²) in [5.41, 5.74) is 2.28. The Bertz CT molecular complexity index is 2020. The molecule has 1 aromatic heterocycles. The Labute approximate surface area is 319 Å². The molecular weight excluding hydrogens is 729 g/mol. The summed E-state index contributed by atoms with van der Waals surface area (Å²) in [7, 11) is -4.41. The molecule has 0 spiro atoms. The predicted octanol–water partition coefficient (Wildman–Crippen LogP) is 7.70. The van der Waals surface area contributed by atoms with Crippen LogP contribution >= 0.6 is 7.37 Å². The van der Waals surface area contributed by atoms with E-state index in [4.69, 9.17) is 14.2 Å². The van der Waals surface area contributed by atoms with Gasteiger partial charge >= 0.3 is 6.09 Å². The number of carbonyl (C=O) groups excluding carboxylic acids is 2. The Morgan fingerprint density at radius 1 is 1.04 bits per heavy atom. The minimum Gasteiger partial charge on any atom is -0.488 e. The topological polar surface area (TPSA) is 139 Å². The molecule has 3 aromatic rings. The first-order valence-corrected chi connectivity index (χ1v) is 21.6. The summed E-state index contributed by atoms with van der Waals surface area (Å²) < 4.78 is 62.3. The Balaban J connectivity index is 1.13. The second-order valence-corrected chi connectivity index (χ2v) is 18.2. The third-order valence-corrected chi connectivity index (χ3v) is 14.8. The van der Waals surface area contributed by atoms with Crippen LogP contribution in [0.2, 0.25) is 0 Å². The minimum atomic E-state index is -4.41. The minimum absolute atomic E-state index is 0.110. The second-order valence-electron chi connectivity index (χ2n) is 15.7. The maximum atomic E-state index is 14.8. The van der Waals surface area contributed by atoms with E-state index in [0.717, 1.165) is 74.6 Å². The van der Waals surface area contributed by atoms with Crippen molar-refractivity contribution in [3.63, 3.8) is 0 Å². The number of amides is 2. The number of fused-ring (bicyclic) bond motifs is 4. The lowest BCUT2D eigenvalue weighted by Gasteiger charge is -2.34. The van der Waals surface area contributed by atoms with Gasteiger partial charge in [0.25, 0.3) is 0 Å². The van der Waals surface area contributed by atoms with Crippen LogP contribution in [-0.4, -0.2) is 69.5 Å². The van der Waals surface area contributed by atoms with Gasteiger partial charge in [-0.3, -0.25) is 9.36 Å². The molecule has 2 amide bonds. The van der Waals surface area contributed by atoms with Gasteiger partial charge in [0.15, 0.2) is 0 Å². The molecule has 55 heavy (non-hydrogen) atoms. The fourth-order valence-corrected chi connectivity index (χ4v) is 11.9. The Morgan fingerprint density at radius 3 is 2.58 bits per heavy atom. The Kier molecular flexibility index (Phi) is 10.5. The van der Waals surface area contributed by atoms with Gasteiger partial charge in [-0.25, -0.2) is 18.6 Å². The number of carbonyl (C=O) groups is 2. The van der Waals surface area contributed by atoms with Gasteiger partial charge in [-0.05, 0) is 107 Å². The zero-order chi connectivity index (χ0) is 38.3. The van der Waals surface area contributed by atoms with Gasteiger partial charge in [-0.2, -0.15) is 0 Å². The molecule has 0 radical (unpaired) electrons. The summed E-state index contributed by atoms with van der Waals surface area (Å²) in [5, 5.41) is 5.41. The molecule has 3 fully saturated rings. The molecule has 3 heterocycles. The van der Waals surface area contributed by atoms with Crippen LogP contribution in [0.1, 0.15) is 89.5 Å². The number of benzene rings is 2. The molecule has 1 saturated heterocycles. The van der Waals surface area contributed by atoms with Crippen molar-refractivity contribution >= 4 is 30.3 Å². The van der Waals surface area contributed by atoms with Gasteiger partial charge < -0.3 is 34.6 Å². The van der Waals surface area contributed by atoms with E-state index in [0.29, 0.717) is 43.1 Å². The van der Waals surface area contributed by atoms with Crippen LogP contribution in [0, 0.1) is 17.6 Å². The molecular formula is C41H49F2N4O7P. The highest BCUT2D eigenvalue weighted by atomic mass is 31.2. The van der Waals surface area contributed by atoms with Crippen LogP contribution in [0.3, 0.4) is 0 Å². The van der Waals surface area contributed by atoms with E-state index in [1.54, 1.807) is 6.07 Å². The van der Waals surface area contributed by atoms with Crippen molar-refractivity contribution in [1.82, 2.24) is 20.5 Å². The van der Waals surface area contributed by atoms with Crippen molar-refractivity contribution in [2.75, 3.05) is 13.2 Å². The fraction of sp³-hybridized carbons (Fsp3) is 0.537.